The van der Waals surface area contributed by atoms with Crippen LogP contribution in [0, 0.1) is 19.7 Å². The standard InChI is InChI=1S/C22H18FN3O3S/c1-13-19(14(2)29-26-13)11-28-18-9-5-16(6-10-18)21(27)25-22-24-20(12-30-22)15-3-7-17(23)8-4-15/h3-10,12H,11H2,1-2H3,(H,24,25,27). The number of ether oxygens (including phenoxy) is 1. The Labute approximate surface area is 176 Å². The van der Waals surface area contributed by atoms with E-state index in [1.807, 2.05) is 19.2 Å². The number of carbonyl (C=O) groups excluding carboxylic acids is 1. The summed E-state index contributed by atoms with van der Waals surface area (Å²) in [5.41, 5.74) is 3.66. The molecule has 30 heavy (non-hydrogen) atoms. The third-order valence-corrected chi connectivity index (χ3v) is 5.30. The summed E-state index contributed by atoms with van der Waals surface area (Å²) in [5.74, 6) is 0.792. The van der Waals surface area contributed by atoms with E-state index in [4.69, 9.17) is 9.26 Å². The fraction of sp³-hybridized carbons (Fsp3) is 0.136. The van der Waals surface area contributed by atoms with Crippen LogP contribution in [0.3, 0.4) is 0 Å². The maximum Gasteiger partial charge on any atom is 0.257 e. The number of rotatable bonds is 6. The zero-order chi connectivity index (χ0) is 21.1. The fourth-order valence-corrected chi connectivity index (χ4v) is 3.53. The summed E-state index contributed by atoms with van der Waals surface area (Å²) in [6, 6.07) is 12.9. The van der Waals surface area contributed by atoms with Crippen molar-refractivity contribution in [1.29, 1.82) is 0 Å². The van der Waals surface area contributed by atoms with Gasteiger partial charge in [-0.3, -0.25) is 10.1 Å². The van der Waals surface area contributed by atoms with Gasteiger partial charge >= 0.3 is 0 Å². The molecule has 4 rings (SSSR count). The lowest BCUT2D eigenvalue weighted by Gasteiger charge is -2.07. The van der Waals surface area contributed by atoms with Crippen LogP contribution in [0.1, 0.15) is 27.4 Å². The Morgan fingerprint density at radius 1 is 1.13 bits per heavy atom. The largest absolute Gasteiger partial charge is 0.489 e. The van der Waals surface area contributed by atoms with Crippen LogP contribution in [-0.4, -0.2) is 16.0 Å². The number of benzene rings is 2. The molecule has 6 nitrogen and oxygen atoms in total. The number of halogens is 1. The molecule has 2 aromatic heterocycles. The lowest BCUT2D eigenvalue weighted by molar-refractivity contribution is 0.102. The van der Waals surface area contributed by atoms with E-state index in [1.54, 1.807) is 36.4 Å². The minimum atomic E-state index is -0.304. The minimum absolute atomic E-state index is 0.271. The van der Waals surface area contributed by atoms with Crippen LogP contribution < -0.4 is 10.1 Å². The molecule has 4 aromatic rings. The first-order chi connectivity index (χ1) is 14.5. The quantitative estimate of drug-likeness (QED) is 0.450. The third-order valence-electron chi connectivity index (χ3n) is 4.55. The summed E-state index contributed by atoms with van der Waals surface area (Å²) < 4.78 is 23.9. The normalized spacial score (nSPS) is 10.8. The smallest absolute Gasteiger partial charge is 0.257 e. The van der Waals surface area contributed by atoms with Crippen molar-refractivity contribution in [3.8, 4) is 17.0 Å². The molecule has 152 valence electrons. The van der Waals surface area contributed by atoms with Gasteiger partial charge in [0.1, 0.15) is 23.9 Å². The second kappa shape index (κ2) is 8.46. The molecule has 0 atom stereocenters. The molecule has 8 heteroatoms. The third kappa shape index (κ3) is 4.38. The highest BCUT2D eigenvalue weighted by Gasteiger charge is 2.12. The van der Waals surface area contributed by atoms with Crippen LogP contribution in [0.2, 0.25) is 0 Å². The summed E-state index contributed by atoms with van der Waals surface area (Å²) >= 11 is 1.31. The number of carbonyl (C=O) groups is 1. The van der Waals surface area contributed by atoms with Crippen molar-refractivity contribution < 1.29 is 18.4 Å². The second-order valence-electron chi connectivity index (χ2n) is 6.61. The number of nitrogens with one attached hydrogen (secondary N) is 1. The molecular formula is C22H18FN3O3S. The Bertz CT molecular complexity index is 1150. The fourth-order valence-electron chi connectivity index (χ4n) is 2.82. The number of amides is 1. The maximum absolute atomic E-state index is 13.1. The Balaban J connectivity index is 1.37. The zero-order valence-electron chi connectivity index (χ0n) is 16.3. The molecule has 0 bridgehead atoms. The number of aryl methyl sites for hydroxylation is 2. The van der Waals surface area contributed by atoms with Crippen LogP contribution in [0.4, 0.5) is 9.52 Å². The van der Waals surface area contributed by atoms with Gasteiger partial charge in [-0.25, -0.2) is 9.37 Å². The van der Waals surface area contributed by atoms with Crippen molar-refractivity contribution in [1.82, 2.24) is 10.1 Å². The van der Waals surface area contributed by atoms with Crippen LogP contribution in [0.5, 0.6) is 5.75 Å². The number of nitrogens with zero attached hydrogens (tertiary/aromatic N) is 2. The average molecular weight is 423 g/mol. The van der Waals surface area contributed by atoms with Crippen LogP contribution in [-0.2, 0) is 6.61 Å². The van der Waals surface area contributed by atoms with E-state index in [2.05, 4.69) is 15.5 Å². The highest BCUT2D eigenvalue weighted by Crippen LogP contribution is 2.25. The van der Waals surface area contributed by atoms with Crippen molar-refractivity contribution in [3.05, 3.63) is 82.3 Å². The summed E-state index contributed by atoms with van der Waals surface area (Å²) in [6.07, 6.45) is 0. The van der Waals surface area contributed by atoms with Crippen molar-refractivity contribution >= 4 is 22.4 Å². The highest BCUT2D eigenvalue weighted by molar-refractivity contribution is 7.14. The van der Waals surface area contributed by atoms with Crippen LogP contribution >= 0.6 is 11.3 Å². The van der Waals surface area contributed by atoms with Crippen molar-refractivity contribution in [2.24, 2.45) is 0 Å². The van der Waals surface area contributed by atoms with Crippen molar-refractivity contribution in [2.75, 3.05) is 5.32 Å². The van der Waals surface area contributed by atoms with E-state index in [0.717, 1.165) is 22.6 Å². The van der Waals surface area contributed by atoms with Crippen LogP contribution in [0.15, 0.2) is 58.4 Å². The summed E-state index contributed by atoms with van der Waals surface area (Å²) in [4.78, 5) is 16.9. The first kappa shape index (κ1) is 19.8. The first-order valence-electron chi connectivity index (χ1n) is 9.17. The second-order valence-corrected chi connectivity index (χ2v) is 7.47. The topological polar surface area (TPSA) is 77.2 Å². The Morgan fingerprint density at radius 3 is 2.53 bits per heavy atom. The molecule has 0 radical (unpaired) electrons. The molecule has 1 N–H and O–H groups in total. The number of aromatic nitrogens is 2. The van der Waals surface area contributed by atoms with Gasteiger partial charge in [-0.15, -0.1) is 11.3 Å². The lowest BCUT2D eigenvalue weighted by Crippen LogP contribution is -2.11. The van der Waals surface area contributed by atoms with E-state index in [0.29, 0.717) is 28.7 Å². The number of hydrogen-bond donors (Lipinski definition) is 1. The minimum Gasteiger partial charge on any atom is -0.489 e. The first-order valence-corrected chi connectivity index (χ1v) is 10.0. The molecule has 0 aliphatic rings. The maximum atomic E-state index is 13.1. The predicted molar refractivity (Wildman–Crippen MR) is 112 cm³/mol. The molecule has 0 unspecified atom stereocenters. The zero-order valence-corrected chi connectivity index (χ0v) is 17.1. The lowest BCUT2D eigenvalue weighted by atomic mass is 10.2. The molecule has 0 aliphatic heterocycles. The van der Waals surface area contributed by atoms with Gasteiger partial charge in [0.15, 0.2) is 5.13 Å². The van der Waals surface area contributed by atoms with E-state index >= 15 is 0 Å². The monoisotopic (exact) mass is 423 g/mol. The Morgan fingerprint density at radius 2 is 1.87 bits per heavy atom. The molecule has 2 heterocycles. The molecule has 0 aliphatic carbocycles. The van der Waals surface area contributed by atoms with E-state index < -0.39 is 0 Å². The molecule has 0 spiro atoms. The SMILES string of the molecule is Cc1noc(C)c1COc1ccc(C(=O)Nc2nc(-c3ccc(F)cc3)cs2)cc1. The van der Waals surface area contributed by atoms with E-state index in [1.165, 1.54) is 23.5 Å². The van der Waals surface area contributed by atoms with E-state index in [-0.39, 0.29) is 11.7 Å². The Kier molecular flexibility index (Phi) is 5.58. The number of thiazole rings is 1. The van der Waals surface area contributed by atoms with Gasteiger partial charge in [-0.05, 0) is 62.4 Å². The predicted octanol–water partition coefficient (Wildman–Crippen LogP) is 5.39. The molecular weight excluding hydrogens is 405 g/mol. The molecule has 2 aromatic carbocycles. The molecule has 1 amide bonds. The summed E-state index contributed by atoms with van der Waals surface area (Å²) in [6.45, 7) is 4.05. The number of hydrogen-bond acceptors (Lipinski definition) is 6. The molecule has 0 fully saturated rings. The van der Waals surface area contributed by atoms with Crippen molar-refractivity contribution in [3.63, 3.8) is 0 Å². The van der Waals surface area contributed by atoms with Gasteiger partial charge in [-0.1, -0.05) is 5.16 Å². The van der Waals surface area contributed by atoms with Gasteiger partial charge in [-0.2, -0.15) is 0 Å². The highest BCUT2D eigenvalue weighted by atomic mass is 32.1. The van der Waals surface area contributed by atoms with Gasteiger partial charge in [0.25, 0.3) is 5.91 Å². The number of anilines is 1. The van der Waals surface area contributed by atoms with Gasteiger partial charge in [0.2, 0.25) is 0 Å². The van der Waals surface area contributed by atoms with Gasteiger partial charge < -0.3 is 9.26 Å². The Hall–Kier alpha value is -3.52. The average Bonchev–Trinajstić information content (AvgIpc) is 3.34. The molecule has 0 saturated heterocycles. The molecule has 0 saturated carbocycles. The van der Waals surface area contributed by atoms with Crippen LogP contribution in [0.25, 0.3) is 11.3 Å². The van der Waals surface area contributed by atoms with Gasteiger partial charge in [0, 0.05) is 16.5 Å². The van der Waals surface area contributed by atoms with Gasteiger partial charge in [0.05, 0.1) is 17.0 Å². The summed E-state index contributed by atoms with van der Waals surface area (Å²) in [7, 11) is 0. The van der Waals surface area contributed by atoms with Crippen molar-refractivity contribution in [2.45, 2.75) is 20.5 Å². The van der Waals surface area contributed by atoms with E-state index in [9.17, 15) is 9.18 Å². The summed E-state index contributed by atoms with van der Waals surface area (Å²) in [5, 5.41) is 8.97.